The van der Waals surface area contributed by atoms with Gasteiger partial charge in [-0.1, -0.05) is 12.8 Å². The van der Waals surface area contributed by atoms with Crippen molar-refractivity contribution < 1.29 is 9.53 Å². The molecule has 0 aliphatic carbocycles. The van der Waals surface area contributed by atoms with Gasteiger partial charge in [0.15, 0.2) is 0 Å². The maximum absolute atomic E-state index is 12.6. The Labute approximate surface area is 185 Å². The highest BCUT2D eigenvalue weighted by molar-refractivity contribution is 5.96. The largest absolute Gasteiger partial charge is 0.378 e. The van der Waals surface area contributed by atoms with Gasteiger partial charge in [-0.2, -0.15) is 0 Å². The van der Waals surface area contributed by atoms with Crippen molar-refractivity contribution in [3.8, 4) is 0 Å². The molecule has 2 aliphatic heterocycles. The molecule has 166 valence electrons. The van der Waals surface area contributed by atoms with Gasteiger partial charge in [-0.05, 0) is 68.3 Å². The van der Waals surface area contributed by atoms with Crippen LogP contribution in [0.4, 0.5) is 22.7 Å². The van der Waals surface area contributed by atoms with Gasteiger partial charge in [0.1, 0.15) is 6.04 Å². The van der Waals surface area contributed by atoms with E-state index in [1.807, 2.05) is 19.1 Å². The molecule has 1 atom stereocenters. The summed E-state index contributed by atoms with van der Waals surface area (Å²) in [5.41, 5.74) is 4.21. The highest BCUT2D eigenvalue weighted by Crippen LogP contribution is 2.22. The summed E-state index contributed by atoms with van der Waals surface area (Å²) in [5, 5.41) is 6.32. The number of ether oxygens (including phenoxy) is 1. The molecule has 1 amide bonds. The highest BCUT2D eigenvalue weighted by Gasteiger charge is 2.15. The quantitative estimate of drug-likeness (QED) is 0.725. The van der Waals surface area contributed by atoms with Crippen LogP contribution in [0.3, 0.4) is 0 Å². The fraction of sp³-hybridized carbons (Fsp3) is 0.480. The predicted octanol–water partition coefficient (Wildman–Crippen LogP) is 4.34. The van der Waals surface area contributed by atoms with Crippen molar-refractivity contribution in [2.75, 3.05) is 59.8 Å². The molecule has 6 heteroatoms. The van der Waals surface area contributed by atoms with Crippen LogP contribution < -0.4 is 20.4 Å². The Morgan fingerprint density at radius 3 is 1.87 bits per heavy atom. The molecule has 2 saturated heterocycles. The lowest BCUT2D eigenvalue weighted by Crippen LogP contribution is -2.36. The number of nitrogens with one attached hydrogen (secondary N) is 2. The topological polar surface area (TPSA) is 56.8 Å². The van der Waals surface area contributed by atoms with Gasteiger partial charge >= 0.3 is 0 Å². The van der Waals surface area contributed by atoms with Crippen molar-refractivity contribution >= 4 is 28.7 Å². The van der Waals surface area contributed by atoms with Crippen LogP contribution in [0.25, 0.3) is 0 Å². The molecule has 2 aliphatic rings. The Balaban J connectivity index is 1.29. The molecule has 2 aromatic rings. The van der Waals surface area contributed by atoms with Gasteiger partial charge in [0.25, 0.3) is 0 Å². The molecule has 2 aromatic carbocycles. The second-order valence-electron chi connectivity index (χ2n) is 8.45. The van der Waals surface area contributed by atoms with Gasteiger partial charge in [-0.25, -0.2) is 0 Å². The third-order valence-electron chi connectivity index (χ3n) is 6.13. The number of hydrogen-bond donors (Lipinski definition) is 2. The normalized spacial score (nSPS) is 18.2. The number of rotatable bonds is 6. The van der Waals surface area contributed by atoms with E-state index in [1.165, 1.54) is 31.4 Å². The first kappa shape index (κ1) is 21.5. The zero-order valence-electron chi connectivity index (χ0n) is 18.5. The summed E-state index contributed by atoms with van der Waals surface area (Å²) < 4.78 is 5.41. The van der Waals surface area contributed by atoms with Crippen LogP contribution in [-0.2, 0) is 9.53 Å². The van der Waals surface area contributed by atoms with Crippen LogP contribution in [0.1, 0.15) is 32.6 Å². The van der Waals surface area contributed by atoms with E-state index in [2.05, 4.69) is 56.8 Å². The summed E-state index contributed by atoms with van der Waals surface area (Å²) in [6.45, 7) is 7.50. The second-order valence-corrected chi connectivity index (χ2v) is 8.45. The minimum Gasteiger partial charge on any atom is -0.378 e. The minimum absolute atomic E-state index is 0.0456. The zero-order valence-corrected chi connectivity index (χ0v) is 18.5. The second kappa shape index (κ2) is 10.5. The molecule has 0 spiro atoms. The molecule has 0 saturated carbocycles. The van der Waals surface area contributed by atoms with Crippen LogP contribution in [-0.4, -0.2) is 51.3 Å². The van der Waals surface area contributed by atoms with E-state index in [0.29, 0.717) is 0 Å². The Hall–Kier alpha value is -2.73. The monoisotopic (exact) mass is 422 g/mol. The van der Waals surface area contributed by atoms with E-state index in [9.17, 15) is 4.79 Å². The number of nitrogens with zero attached hydrogens (tertiary/aromatic N) is 2. The number of amides is 1. The van der Waals surface area contributed by atoms with Crippen molar-refractivity contribution in [2.45, 2.75) is 38.6 Å². The van der Waals surface area contributed by atoms with E-state index < -0.39 is 0 Å². The van der Waals surface area contributed by atoms with Crippen LogP contribution in [0.5, 0.6) is 0 Å². The van der Waals surface area contributed by atoms with E-state index in [0.717, 1.165) is 56.5 Å². The molecule has 4 rings (SSSR count). The molecule has 0 radical (unpaired) electrons. The summed E-state index contributed by atoms with van der Waals surface area (Å²) >= 11 is 0. The fourth-order valence-corrected chi connectivity index (χ4v) is 4.24. The third-order valence-corrected chi connectivity index (χ3v) is 6.13. The van der Waals surface area contributed by atoms with Crippen molar-refractivity contribution in [3.05, 3.63) is 48.5 Å². The van der Waals surface area contributed by atoms with Crippen LogP contribution in [0.2, 0.25) is 0 Å². The van der Waals surface area contributed by atoms with E-state index >= 15 is 0 Å². The summed E-state index contributed by atoms with van der Waals surface area (Å²) in [6.07, 6.45) is 5.20. The van der Waals surface area contributed by atoms with Crippen molar-refractivity contribution in [1.82, 2.24) is 0 Å². The first-order valence-electron chi connectivity index (χ1n) is 11.5. The molecule has 0 unspecified atom stereocenters. The minimum atomic E-state index is -0.331. The molecule has 2 N–H and O–H groups in total. The molecule has 31 heavy (non-hydrogen) atoms. The number of benzene rings is 2. The van der Waals surface area contributed by atoms with Gasteiger partial charge in [0, 0.05) is 48.9 Å². The number of anilines is 4. The lowest BCUT2D eigenvalue weighted by molar-refractivity contribution is -0.116. The maximum atomic E-state index is 12.6. The Morgan fingerprint density at radius 2 is 1.29 bits per heavy atom. The van der Waals surface area contributed by atoms with Crippen LogP contribution in [0.15, 0.2) is 48.5 Å². The first-order valence-corrected chi connectivity index (χ1v) is 11.5. The molecule has 6 nitrogen and oxygen atoms in total. The average molecular weight is 423 g/mol. The summed E-state index contributed by atoms with van der Waals surface area (Å²) in [4.78, 5) is 17.4. The van der Waals surface area contributed by atoms with Gasteiger partial charge in [-0.3, -0.25) is 4.79 Å². The van der Waals surface area contributed by atoms with Gasteiger partial charge in [-0.15, -0.1) is 0 Å². The summed E-state index contributed by atoms with van der Waals surface area (Å²) in [6, 6.07) is 16.2. The lowest BCUT2D eigenvalue weighted by atomic mass is 10.2. The molecule has 2 heterocycles. The molecular formula is C25H34N4O2. The molecular weight excluding hydrogens is 388 g/mol. The average Bonchev–Trinajstić information content (AvgIpc) is 3.10. The Bertz CT molecular complexity index is 824. The molecule has 2 fully saturated rings. The van der Waals surface area contributed by atoms with Crippen molar-refractivity contribution in [3.63, 3.8) is 0 Å². The Kier molecular flexibility index (Phi) is 7.30. The number of carbonyl (C=O) groups is 1. The van der Waals surface area contributed by atoms with E-state index in [-0.39, 0.29) is 11.9 Å². The van der Waals surface area contributed by atoms with Crippen molar-refractivity contribution in [1.29, 1.82) is 0 Å². The van der Waals surface area contributed by atoms with Gasteiger partial charge < -0.3 is 25.2 Å². The fourth-order valence-electron chi connectivity index (χ4n) is 4.24. The van der Waals surface area contributed by atoms with Gasteiger partial charge in [0.2, 0.25) is 5.91 Å². The van der Waals surface area contributed by atoms with E-state index in [4.69, 9.17) is 4.74 Å². The van der Waals surface area contributed by atoms with Crippen LogP contribution in [0, 0.1) is 0 Å². The summed E-state index contributed by atoms with van der Waals surface area (Å²) in [5.74, 6) is -0.0456. The third kappa shape index (κ3) is 5.91. The zero-order chi connectivity index (χ0) is 21.5. The molecule has 0 aromatic heterocycles. The first-order chi connectivity index (χ1) is 15.2. The predicted molar refractivity (Wildman–Crippen MR) is 128 cm³/mol. The van der Waals surface area contributed by atoms with Crippen molar-refractivity contribution in [2.24, 2.45) is 0 Å². The number of carbonyl (C=O) groups excluding carboxylic acids is 1. The van der Waals surface area contributed by atoms with E-state index in [1.54, 1.807) is 0 Å². The smallest absolute Gasteiger partial charge is 0.246 e. The standard InChI is InChI=1S/C25H34N4O2/c1-20(26-21-6-10-23(11-7-21)28-14-4-2-3-5-15-28)25(30)27-22-8-12-24(13-9-22)29-16-18-31-19-17-29/h6-13,20,26H,2-5,14-19H2,1H3,(H,27,30)/t20-/m0/s1. The lowest BCUT2D eigenvalue weighted by Gasteiger charge is -2.29. The Morgan fingerprint density at radius 1 is 0.774 bits per heavy atom. The van der Waals surface area contributed by atoms with Crippen LogP contribution >= 0.6 is 0 Å². The summed E-state index contributed by atoms with van der Waals surface area (Å²) in [7, 11) is 0. The highest BCUT2D eigenvalue weighted by atomic mass is 16.5. The number of morpholine rings is 1. The molecule has 0 bridgehead atoms. The SMILES string of the molecule is C[C@H](Nc1ccc(N2CCCCCC2)cc1)C(=O)Nc1ccc(N2CCOCC2)cc1. The number of hydrogen-bond acceptors (Lipinski definition) is 5. The maximum Gasteiger partial charge on any atom is 0.246 e. The van der Waals surface area contributed by atoms with Gasteiger partial charge in [0.05, 0.1) is 13.2 Å².